The fourth-order valence-electron chi connectivity index (χ4n) is 4.63. The number of nitrogens with one attached hydrogen (secondary N) is 1. The van der Waals surface area contributed by atoms with Crippen molar-refractivity contribution in [3.8, 4) is 0 Å². The van der Waals surface area contributed by atoms with Crippen LogP contribution in [0.15, 0.2) is 41.3 Å². The number of aryl methyl sites for hydroxylation is 2. The molecule has 7 nitrogen and oxygen atoms in total. The Kier molecular flexibility index (Phi) is 5.99. The number of hydrogen-bond acceptors (Lipinski definition) is 5. The Morgan fingerprint density at radius 2 is 1.75 bits per heavy atom. The topological polar surface area (TPSA) is 86.8 Å². The van der Waals surface area contributed by atoms with Gasteiger partial charge in [0.15, 0.2) is 9.84 Å². The average molecular weight is 456 g/mol. The molecule has 0 bridgehead atoms. The lowest BCUT2D eigenvalue weighted by atomic mass is 9.96. The Morgan fingerprint density at radius 1 is 1.03 bits per heavy atom. The summed E-state index contributed by atoms with van der Waals surface area (Å²) in [6.45, 7) is 7.13. The number of sulfone groups is 1. The van der Waals surface area contributed by atoms with Crippen molar-refractivity contribution in [1.82, 2.24) is 10.2 Å². The van der Waals surface area contributed by atoms with Gasteiger partial charge in [-0.3, -0.25) is 9.59 Å². The molecule has 1 unspecified atom stereocenters. The van der Waals surface area contributed by atoms with Crippen molar-refractivity contribution in [3.05, 3.63) is 58.7 Å². The van der Waals surface area contributed by atoms with Gasteiger partial charge in [0.05, 0.1) is 16.4 Å². The minimum atomic E-state index is -3.64. The lowest BCUT2D eigenvalue weighted by molar-refractivity contribution is -0.120. The summed E-state index contributed by atoms with van der Waals surface area (Å²) in [6.07, 6.45) is 1.73. The molecular weight excluding hydrogens is 426 g/mol. The largest absolute Gasteiger partial charge is 0.368 e. The monoisotopic (exact) mass is 455 g/mol. The lowest BCUT2D eigenvalue weighted by Gasteiger charge is -2.37. The number of amides is 2. The Balaban J connectivity index is 1.55. The Hall–Kier alpha value is -2.87. The van der Waals surface area contributed by atoms with Crippen LogP contribution in [0.3, 0.4) is 0 Å². The van der Waals surface area contributed by atoms with Crippen LogP contribution in [0.5, 0.6) is 0 Å². The zero-order chi connectivity index (χ0) is 23.0. The predicted molar refractivity (Wildman–Crippen MR) is 124 cm³/mol. The van der Waals surface area contributed by atoms with Gasteiger partial charge in [-0.2, -0.15) is 0 Å². The maximum Gasteiger partial charge on any atom is 0.255 e. The first-order valence-corrected chi connectivity index (χ1v) is 12.8. The summed E-state index contributed by atoms with van der Waals surface area (Å²) in [5.41, 5.74) is 4.40. The first-order valence-electron chi connectivity index (χ1n) is 10.9. The molecule has 1 N–H and O–H groups in total. The number of hydrogen-bond donors (Lipinski definition) is 1. The number of rotatable bonds is 4. The van der Waals surface area contributed by atoms with E-state index in [4.69, 9.17) is 0 Å². The third-order valence-electron chi connectivity index (χ3n) is 6.35. The third-order valence-corrected chi connectivity index (χ3v) is 7.48. The van der Waals surface area contributed by atoms with Gasteiger partial charge in [-0.25, -0.2) is 8.42 Å². The standard InChI is InChI=1S/C24H29N3O4S/c1-16-4-7-21(17(2)14-16)26-10-12-27(13-11-26)24(29)20-6-5-18(15-22(20)32(3,30)31)19-8-9-25-23(19)28/h4-7,14-15,19H,8-13H2,1-3H3,(H,25,28). The second-order valence-corrected chi connectivity index (χ2v) is 10.7. The van der Waals surface area contributed by atoms with E-state index in [1.54, 1.807) is 17.0 Å². The predicted octanol–water partition coefficient (Wildman–Crippen LogP) is 2.27. The molecular formula is C24H29N3O4S. The van der Waals surface area contributed by atoms with Gasteiger partial charge >= 0.3 is 0 Å². The zero-order valence-electron chi connectivity index (χ0n) is 18.7. The molecule has 2 heterocycles. The van der Waals surface area contributed by atoms with Crippen molar-refractivity contribution in [2.45, 2.75) is 31.1 Å². The van der Waals surface area contributed by atoms with Gasteiger partial charge in [0.2, 0.25) is 5.91 Å². The van der Waals surface area contributed by atoms with Crippen LogP contribution in [0.25, 0.3) is 0 Å². The van der Waals surface area contributed by atoms with Gasteiger partial charge in [0, 0.05) is 44.7 Å². The maximum atomic E-state index is 13.3. The SMILES string of the molecule is Cc1ccc(N2CCN(C(=O)c3ccc(C4CCNC4=O)cc3S(C)(=O)=O)CC2)c(C)c1. The van der Waals surface area contributed by atoms with E-state index in [2.05, 4.69) is 42.3 Å². The minimum absolute atomic E-state index is 0.00323. The van der Waals surface area contributed by atoms with Crippen LogP contribution in [0, 0.1) is 13.8 Å². The van der Waals surface area contributed by atoms with Crippen molar-refractivity contribution in [3.63, 3.8) is 0 Å². The highest BCUT2D eigenvalue weighted by Crippen LogP contribution is 2.29. The number of carbonyl (C=O) groups is 2. The van der Waals surface area contributed by atoms with Crippen molar-refractivity contribution in [2.75, 3.05) is 43.9 Å². The highest BCUT2D eigenvalue weighted by molar-refractivity contribution is 7.90. The summed E-state index contributed by atoms with van der Waals surface area (Å²) in [5, 5.41) is 2.77. The summed E-state index contributed by atoms with van der Waals surface area (Å²) < 4.78 is 25.0. The summed E-state index contributed by atoms with van der Waals surface area (Å²) in [7, 11) is -3.64. The zero-order valence-corrected chi connectivity index (χ0v) is 19.5. The lowest BCUT2D eigenvalue weighted by Crippen LogP contribution is -2.49. The summed E-state index contributed by atoms with van der Waals surface area (Å²) in [4.78, 5) is 29.3. The molecule has 1 atom stereocenters. The van der Waals surface area contributed by atoms with Crippen molar-refractivity contribution >= 4 is 27.3 Å². The highest BCUT2D eigenvalue weighted by atomic mass is 32.2. The number of nitrogens with zero attached hydrogens (tertiary/aromatic N) is 2. The molecule has 4 rings (SSSR count). The van der Waals surface area contributed by atoms with Crippen LogP contribution in [-0.2, 0) is 14.6 Å². The third kappa shape index (κ3) is 4.37. The molecule has 2 aliphatic rings. The molecule has 0 aliphatic carbocycles. The molecule has 0 radical (unpaired) electrons. The van der Waals surface area contributed by atoms with Crippen LogP contribution in [0.4, 0.5) is 5.69 Å². The van der Waals surface area contributed by atoms with E-state index in [0.717, 1.165) is 6.26 Å². The molecule has 2 aromatic carbocycles. The van der Waals surface area contributed by atoms with Crippen LogP contribution in [0.1, 0.15) is 39.4 Å². The van der Waals surface area contributed by atoms with Gasteiger partial charge in [-0.05, 0) is 49.6 Å². The minimum Gasteiger partial charge on any atom is -0.368 e. The normalized spacial score (nSPS) is 19.2. The Morgan fingerprint density at radius 3 is 2.34 bits per heavy atom. The number of carbonyl (C=O) groups excluding carboxylic acids is 2. The smallest absolute Gasteiger partial charge is 0.255 e. The van der Waals surface area contributed by atoms with Gasteiger partial charge in [0.1, 0.15) is 0 Å². The van der Waals surface area contributed by atoms with Crippen molar-refractivity contribution < 1.29 is 18.0 Å². The Bertz CT molecular complexity index is 1170. The molecule has 2 aliphatic heterocycles. The van der Waals surface area contributed by atoms with E-state index >= 15 is 0 Å². The molecule has 8 heteroatoms. The van der Waals surface area contributed by atoms with Gasteiger partial charge in [0.25, 0.3) is 5.91 Å². The maximum absolute atomic E-state index is 13.3. The van der Waals surface area contributed by atoms with Crippen molar-refractivity contribution in [2.24, 2.45) is 0 Å². The number of benzene rings is 2. The first kappa shape index (κ1) is 22.3. The van der Waals surface area contributed by atoms with Gasteiger partial charge < -0.3 is 15.1 Å². The molecule has 2 amide bonds. The van der Waals surface area contributed by atoms with E-state index in [9.17, 15) is 18.0 Å². The van der Waals surface area contributed by atoms with E-state index in [1.807, 2.05) is 0 Å². The van der Waals surface area contributed by atoms with Gasteiger partial charge in [-0.15, -0.1) is 0 Å². The van der Waals surface area contributed by atoms with Crippen LogP contribution in [-0.4, -0.2) is 64.1 Å². The molecule has 32 heavy (non-hydrogen) atoms. The van der Waals surface area contributed by atoms with E-state index in [0.29, 0.717) is 44.7 Å². The molecule has 0 spiro atoms. The van der Waals surface area contributed by atoms with E-state index in [-0.39, 0.29) is 28.2 Å². The highest BCUT2D eigenvalue weighted by Gasteiger charge is 2.30. The summed E-state index contributed by atoms with van der Waals surface area (Å²) >= 11 is 0. The van der Waals surface area contributed by atoms with Crippen molar-refractivity contribution in [1.29, 1.82) is 0 Å². The average Bonchev–Trinajstić information content (AvgIpc) is 3.18. The molecule has 0 saturated carbocycles. The molecule has 2 aromatic rings. The van der Waals surface area contributed by atoms with E-state index in [1.165, 1.54) is 22.9 Å². The summed E-state index contributed by atoms with van der Waals surface area (Å²) in [6, 6.07) is 11.1. The van der Waals surface area contributed by atoms with Crippen LogP contribution >= 0.6 is 0 Å². The van der Waals surface area contributed by atoms with Gasteiger partial charge in [-0.1, -0.05) is 23.8 Å². The molecule has 2 saturated heterocycles. The Labute approximate surface area is 189 Å². The molecule has 0 aromatic heterocycles. The fourth-order valence-corrected chi connectivity index (χ4v) is 5.54. The van der Waals surface area contributed by atoms with E-state index < -0.39 is 9.84 Å². The first-order chi connectivity index (χ1) is 15.1. The fraction of sp³-hybridized carbons (Fsp3) is 0.417. The van der Waals surface area contributed by atoms with Crippen LogP contribution in [0.2, 0.25) is 0 Å². The number of anilines is 1. The quantitative estimate of drug-likeness (QED) is 0.764. The molecule has 2 fully saturated rings. The molecule has 170 valence electrons. The summed E-state index contributed by atoms with van der Waals surface area (Å²) in [5.74, 6) is -0.764. The van der Waals surface area contributed by atoms with Crippen LogP contribution < -0.4 is 10.2 Å². The number of piperazine rings is 1. The second-order valence-electron chi connectivity index (χ2n) is 8.73. The second kappa shape index (κ2) is 8.58.